The average molecular weight is 542 g/mol. The third kappa shape index (κ3) is 5.08. The summed E-state index contributed by atoms with van der Waals surface area (Å²) >= 11 is 1.49. The standard InChI is InChI=1S/C27H25F2N3O5S/c28-26(29)36-21-4-2-1-3-18(21)23-19(24(37-31-23)15-5-6-15)14-35-17-9-11-32(12-10-17)27-30-20-8-7-16(25(33)34)13-22(20)38-27/h1-4,7-8,13,15,17,26H,5-6,9-12,14H2,(H,33,34). The molecule has 0 radical (unpaired) electrons. The van der Waals surface area contributed by atoms with E-state index in [1.54, 1.807) is 36.4 Å². The number of hydrogen-bond acceptors (Lipinski definition) is 8. The number of aromatic nitrogens is 2. The molecule has 1 saturated heterocycles. The lowest BCUT2D eigenvalue weighted by molar-refractivity contribution is -0.0494. The van der Waals surface area contributed by atoms with E-state index < -0.39 is 12.6 Å². The summed E-state index contributed by atoms with van der Waals surface area (Å²) in [6.45, 7) is -1.15. The predicted octanol–water partition coefficient (Wildman–Crippen LogP) is 6.31. The van der Waals surface area contributed by atoms with E-state index in [4.69, 9.17) is 14.0 Å². The lowest BCUT2D eigenvalue weighted by Crippen LogP contribution is -2.36. The van der Waals surface area contributed by atoms with E-state index in [0.29, 0.717) is 11.3 Å². The van der Waals surface area contributed by atoms with Crippen molar-refractivity contribution in [2.45, 2.75) is 50.9 Å². The van der Waals surface area contributed by atoms with Crippen LogP contribution in [0.4, 0.5) is 13.9 Å². The van der Waals surface area contributed by atoms with Crippen LogP contribution in [0.2, 0.25) is 0 Å². The second-order valence-electron chi connectivity index (χ2n) is 9.50. The number of benzene rings is 2. The van der Waals surface area contributed by atoms with Crippen LogP contribution >= 0.6 is 11.3 Å². The Morgan fingerprint density at radius 3 is 2.68 bits per heavy atom. The maximum atomic E-state index is 13.0. The normalized spacial score (nSPS) is 16.4. The molecule has 0 spiro atoms. The molecular weight excluding hydrogens is 516 g/mol. The number of rotatable bonds is 9. The van der Waals surface area contributed by atoms with Crippen LogP contribution in [0.25, 0.3) is 21.5 Å². The monoisotopic (exact) mass is 541 g/mol. The minimum atomic E-state index is -2.94. The number of carboxylic acid groups (broad SMARTS) is 1. The Hall–Kier alpha value is -3.57. The Morgan fingerprint density at radius 2 is 1.95 bits per heavy atom. The number of nitrogens with zero attached hydrogens (tertiary/aromatic N) is 3. The maximum absolute atomic E-state index is 13.0. The maximum Gasteiger partial charge on any atom is 0.387 e. The molecule has 1 aliphatic heterocycles. The van der Waals surface area contributed by atoms with Crippen LogP contribution in [0.3, 0.4) is 0 Å². The molecule has 38 heavy (non-hydrogen) atoms. The second-order valence-corrected chi connectivity index (χ2v) is 10.5. The Bertz CT molecular complexity index is 1460. The van der Waals surface area contributed by atoms with Crippen LogP contribution in [0.1, 0.15) is 53.3 Å². The molecule has 11 heteroatoms. The molecule has 1 aliphatic carbocycles. The zero-order valence-corrected chi connectivity index (χ0v) is 21.1. The average Bonchev–Trinajstić information content (AvgIpc) is 3.52. The Morgan fingerprint density at radius 1 is 1.16 bits per heavy atom. The number of aromatic carboxylic acids is 1. The highest BCUT2D eigenvalue weighted by molar-refractivity contribution is 7.22. The minimum absolute atomic E-state index is 0.0154. The summed E-state index contributed by atoms with van der Waals surface area (Å²) in [4.78, 5) is 18.2. The Balaban J connectivity index is 1.14. The van der Waals surface area contributed by atoms with Gasteiger partial charge >= 0.3 is 12.6 Å². The van der Waals surface area contributed by atoms with Crippen LogP contribution in [-0.4, -0.2) is 47.0 Å². The SMILES string of the molecule is O=C(O)c1ccc2nc(N3CCC(OCc4c(-c5ccccc5OC(F)F)noc4C4CC4)CC3)sc2c1. The first kappa shape index (κ1) is 24.7. The number of fused-ring (bicyclic) bond motifs is 1. The van der Waals surface area contributed by atoms with Crippen molar-refractivity contribution < 1.29 is 32.7 Å². The van der Waals surface area contributed by atoms with Crippen molar-refractivity contribution in [2.75, 3.05) is 18.0 Å². The Labute approximate surface area is 220 Å². The lowest BCUT2D eigenvalue weighted by Gasteiger charge is -2.31. The van der Waals surface area contributed by atoms with E-state index in [9.17, 15) is 18.7 Å². The van der Waals surface area contributed by atoms with Crippen LogP contribution in [0.15, 0.2) is 47.0 Å². The highest BCUT2D eigenvalue weighted by Crippen LogP contribution is 2.45. The molecule has 0 unspecified atom stereocenters. The topological polar surface area (TPSA) is 97.9 Å². The fraction of sp³-hybridized carbons (Fsp3) is 0.370. The molecule has 2 fully saturated rings. The van der Waals surface area contributed by atoms with Gasteiger partial charge < -0.3 is 24.0 Å². The Kier molecular flexibility index (Phi) is 6.71. The highest BCUT2D eigenvalue weighted by Gasteiger charge is 2.34. The first-order valence-electron chi connectivity index (χ1n) is 12.5. The van der Waals surface area contributed by atoms with E-state index >= 15 is 0 Å². The summed E-state index contributed by atoms with van der Waals surface area (Å²) in [5.41, 5.74) is 2.77. The van der Waals surface area contributed by atoms with Crippen molar-refractivity contribution in [1.29, 1.82) is 0 Å². The van der Waals surface area contributed by atoms with E-state index in [1.165, 1.54) is 17.4 Å². The van der Waals surface area contributed by atoms with Crippen LogP contribution in [0, 0.1) is 0 Å². The number of alkyl halides is 2. The number of hydrogen-bond donors (Lipinski definition) is 1. The van der Waals surface area contributed by atoms with Crippen LogP contribution in [-0.2, 0) is 11.3 Å². The van der Waals surface area contributed by atoms with Gasteiger partial charge in [0.25, 0.3) is 0 Å². The fourth-order valence-corrected chi connectivity index (χ4v) is 5.85. The molecule has 4 aromatic rings. The van der Waals surface area contributed by atoms with Crippen molar-refractivity contribution in [2.24, 2.45) is 0 Å². The number of anilines is 1. The van der Waals surface area contributed by atoms with E-state index in [2.05, 4.69) is 15.0 Å². The number of carboxylic acids is 1. The van der Waals surface area contributed by atoms with Crippen LogP contribution in [0.5, 0.6) is 5.75 Å². The smallest absolute Gasteiger partial charge is 0.387 e. The number of halogens is 2. The summed E-state index contributed by atoms with van der Waals surface area (Å²) < 4.78 is 43.6. The molecular formula is C27H25F2N3O5S. The van der Waals surface area contributed by atoms with Gasteiger partial charge in [0.1, 0.15) is 17.2 Å². The summed E-state index contributed by atoms with van der Waals surface area (Å²) in [7, 11) is 0. The number of thiazole rings is 1. The molecule has 2 aromatic carbocycles. The van der Waals surface area contributed by atoms with Gasteiger partial charge in [-0.1, -0.05) is 28.6 Å². The van der Waals surface area contributed by atoms with Gasteiger partial charge in [0, 0.05) is 30.1 Å². The van der Waals surface area contributed by atoms with Gasteiger partial charge in [-0.2, -0.15) is 8.78 Å². The van der Waals surface area contributed by atoms with Crippen molar-refractivity contribution in [3.63, 3.8) is 0 Å². The number of para-hydroxylation sites is 1. The molecule has 8 nitrogen and oxygen atoms in total. The molecule has 0 atom stereocenters. The predicted molar refractivity (Wildman–Crippen MR) is 137 cm³/mol. The van der Waals surface area contributed by atoms with Gasteiger partial charge in [-0.05, 0) is 56.0 Å². The van der Waals surface area contributed by atoms with Crippen LogP contribution < -0.4 is 9.64 Å². The van der Waals surface area contributed by atoms with Gasteiger partial charge in [0.05, 0.1) is 28.5 Å². The van der Waals surface area contributed by atoms with E-state index in [-0.39, 0.29) is 29.9 Å². The summed E-state index contributed by atoms with van der Waals surface area (Å²) in [6, 6.07) is 11.6. The van der Waals surface area contributed by atoms with Crippen molar-refractivity contribution >= 4 is 32.7 Å². The summed E-state index contributed by atoms with van der Waals surface area (Å²) in [5, 5.41) is 14.3. The summed E-state index contributed by atoms with van der Waals surface area (Å²) in [6.07, 6.45) is 3.61. The molecule has 1 saturated carbocycles. The van der Waals surface area contributed by atoms with E-state index in [1.807, 2.05) is 0 Å². The first-order chi connectivity index (χ1) is 18.5. The molecule has 2 aromatic heterocycles. The van der Waals surface area contributed by atoms with Crippen molar-refractivity contribution in [1.82, 2.24) is 10.1 Å². The van der Waals surface area contributed by atoms with Gasteiger partial charge in [-0.25, -0.2) is 9.78 Å². The third-order valence-electron chi connectivity index (χ3n) is 6.92. The quantitative estimate of drug-likeness (QED) is 0.263. The zero-order chi connectivity index (χ0) is 26.2. The molecule has 2 aliphatic rings. The summed E-state index contributed by atoms with van der Waals surface area (Å²) in [5.74, 6) is 0.143. The largest absolute Gasteiger partial charge is 0.478 e. The first-order valence-corrected chi connectivity index (χ1v) is 13.3. The molecule has 198 valence electrons. The third-order valence-corrected chi connectivity index (χ3v) is 8.00. The van der Waals surface area contributed by atoms with Gasteiger partial charge in [0.15, 0.2) is 5.13 Å². The van der Waals surface area contributed by atoms with Crippen molar-refractivity contribution in [3.8, 4) is 17.0 Å². The van der Waals surface area contributed by atoms with E-state index in [0.717, 1.165) is 65.4 Å². The van der Waals surface area contributed by atoms with Gasteiger partial charge in [-0.15, -0.1) is 0 Å². The molecule has 3 heterocycles. The fourth-order valence-electron chi connectivity index (χ4n) is 4.80. The molecule has 6 rings (SSSR count). The number of ether oxygens (including phenoxy) is 2. The van der Waals surface area contributed by atoms with Gasteiger partial charge in [0.2, 0.25) is 0 Å². The van der Waals surface area contributed by atoms with Crippen molar-refractivity contribution in [3.05, 3.63) is 59.4 Å². The lowest BCUT2D eigenvalue weighted by atomic mass is 10.0. The highest BCUT2D eigenvalue weighted by atomic mass is 32.1. The molecule has 0 bridgehead atoms. The number of carbonyl (C=O) groups is 1. The number of piperidine rings is 1. The minimum Gasteiger partial charge on any atom is -0.478 e. The molecule has 0 amide bonds. The second kappa shape index (κ2) is 10.3. The zero-order valence-electron chi connectivity index (χ0n) is 20.3. The molecule has 1 N–H and O–H groups in total. The van der Waals surface area contributed by atoms with Gasteiger partial charge in [-0.3, -0.25) is 0 Å².